The molecule has 0 aliphatic carbocycles. The Morgan fingerprint density at radius 1 is 1.35 bits per heavy atom. The molecule has 1 aromatic rings. The van der Waals surface area contributed by atoms with Crippen molar-refractivity contribution < 1.29 is 17.7 Å². The summed E-state index contributed by atoms with van der Waals surface area (Å²) in [4.78, 5) is 9.07. The van der Waals surface area contributed by atoms with E-state index < -0.39 is 31.3 Å². The number of nitro benzene ring substituents is 1. The van der Waals surface area contributed by atoms with Gasteiger partial charge in [0.05, 0.1) is 11.0 Å². The van der Waals surface area contributed by atoms with Gasteiger partial charge < -0.3 is 5.32 Å². The third kappa shape index (κ3) is 4.51. The van der Waals surface area contributed by atoms with Crippen molar-refractivity contribution in [1.82, 2.24) is 10.0 Å². The summed E-state index contributed by atoms with van der Waals surface area (Å²) in [6.45, 7) is 3.51. The molecule has 0 aromatic heterocycles. The Kier molecular flexibility index (Phi) is 5.99. The third-order valence-corrected chi connectivity index (χ3v) is 3.98. The van der Waals surface area contributed by atoms with E-state index in [4.69, 9.17) is 0 Å². The Labute approximate surface area is 116 Å². The summed E-state index contributed by atoms with van der Waals surface area (Å²) < 4.78 is 39.5. The maximum Gasteiger partial charge on any atom is 0.272 e. The summed E-state index contributed by atoms with van der Waals surface area (Å²) in [7, 11) is -4.00. The van der Waals surface area contributed by atoms with Gasteiger partial charge in [0, 0.05) is 12.6 Å². The predicted molar refractivity (Wildman–Crippen MR) is 71.4 cm³/mol. The standard InChI is InChI=1S/C11H16FN3O4S/c1-2-13-6-3-7-14-20(18,19)11-5-4-9(15(16)17)8-10(11)12/h4-5,8,13-14H,2-3,6-7H2,1H3. The zero-order chi connectivity index (χ0) is 15.2. The molecule has 20 heavy (non-hydrogen) atoms. The Balaban J connectivity index is 2.75. The number of non-ortho nitro benzene ring substituents is 1. The van der Waals surface area contributed by atoms with Gasteiger partial charge in [-0.15, -0.1) is 0 Å². The van der Waals surface area contributed by atoms with Crippen molar-refractivity contribution in [2.24, 2.45) is 0 Å². The molecule has 0 amide bonds. The summed E-state index contributed by atoms with van der Waals surface area (Å²) in [6, 6.07) is 2.43. The van der Waals surface area contributed by atoms with Crippen LogP contribution < -0.4 is 10.0 Å². The zero-order valence-corrected chi connectivity index (χ0v) is 11.7. The number of hydrogen-bond donors (Lipinski definition) is 2. The van der Waals surface area contributed by atoms with Gasteiger partial charge in [0.15, 0.2) is 0 Å². The first kappa shape index (κ1) is 16.5. The van der Waals surface area contributed by atoms with Gasteiger partial charge >= 0.3 is 0 Å². The van der Waals surface area contributed by atoms with E-state index in [-0.39, 0.29) is 6.54 Å². The molecule has 2 N–H and O–H groups in total. The van der Waals surface area contributed by atoms with E-state index >= 15 is 0 Å². The van der Waals surface area contributed by atoms with Gasteiger partial charge in [0.1, 0.15) is 10.7 Å². The van der Waals surface area contributed by atoms with Gasteiger partial charge in [-0.1, -0.05) is 6.92 Å². The zero-order valence-electron chi connectivity index (χ0n) is 10.9. The van der Waals surface area contributed by atoms with Crippen LogP contribution in [0.15, 0.2) is 23.1 Å². The van der Waals surface area contributed by atoms with Crippen LogP contribution in [0, 0.1) is 15.9 Å². The molecule has 0 fully saturated rings. The minimum atomic E-state index is -4.00. The molecule has 0 bridgehead atoms. The Morgan fingerprint density at radius 3 is 2.60 bits per heavy atom. The van der Waals surface area contributed by atoms with Gasteiger partial charge in [0.2, 0.25) is 10.0 Å². The number of nitrogens with one attached hydrogen (secondary N) is 2. The van der Waals surface area contributed by atoms with Crippen LogP contribution in [-0.4, -0.2) is 33.0 Å². The number of benzene rings is 1. The topological polar surface area (TPSA) is 101 Å². The number of nitrogens with zero attached hydrogens (tertiary/aromatic N) is 1. The number of sulfonamides is 1. The number of nitro groups is 1. The highest BCUT2D eigenvalue weighted by molar-refractivity contribution is 7.89. The number of hydrogen-bond acceptors (Lipinski definition) is 5. The van der Waals surface area contributed by atoms with Crippen molar-refractivity contribution in [3.05, 3.63) is 34.1 Å². The largest absolute Gasteiger partial charge is 0.317 e. The third-order valence-electron chi connectivity index (χ3n) is 2.49. The van der Waals surface area contributed by atoms with E-state index in [1.807, 2.05) is 6.92 Å². The van der Waals surface area contributed by atoms with Gasteiger partial charge in [-0.2, -0.15) is 0 Å². The molecule has 0 heterocycles. The van der Waals surface area contributed by atoms with Crippen molar-refractivity contribution in [2.75, 3.05) is 19.6 Å². The van der Waals surface area contributed by atoms with Crippen LogP contribution in [0.4, 0.5) is 10.1 Å². The van der Waals surface area contributed by atoms with Crippen LogP contribution in [0.25, 0.3) is 0 Å². The molecule has 0 aliphatic heterocycles. The minimum Gasteiger partial charge on any atom is -0.317 e. The van der Waals surface area contributed by atoms with E-state index in [0.29, 0.717) is 19.0 Å². The van der Waals surface area contributed by atoms with Crippen LogP contribution in [0.2, 0.25) is 0 Å². The van der Waals surface area contributed by atoms with Crippen LogP contribution in [0.1, 0.15) is 13.3 Å². The number of rotatable bonds is 8. The molecule has 9 heteroatoms. The second-order valence-electron chi connectivity index (χ2n) is 3.98. The van der Waals surface area contributed by atoms with E-state index in [0.717, 1.165) is 18.7 Å². The van der Waals surface area contributed by atoms with Crippen LogP contribution in [0.3, 0.4) is 0 Å². The Morgan fingerprint density at radius 2 is 2.05 bits per heavy atom. The maximum absolute atomic E-state index is 13.6. The first-order valence-electron chi connectivity index (χ1n) is 6.03. The molecule has 0 unspecified atom stereocenters. The van der Waals surface area contributed by atoms with Gasteiger partial charge in [-0.05, 0) is 25.6 Å². The molecule has 0 radical (unpaired) electrons. The second-order valence-corrected chi connectivity index (χ2v) is 5.71. The monoisotopic (exact) mass is 305 g/mol. The lowest BCUT2D eigenvalue weighted by atomic mass is 10.3. The lowest BCUT2D eigenvalue weighted by molar-refractivity contribution is -0.385. The van der Waals surface area contributed by atoms with Crippen molar-refractivity contribution in [3.8, 4) is 0 Å². The molecule has 0 saturated heterocycles. The molecule has 112 valence electrons. The molecule has 0 saturated carbocycles. The maximum atomic E-state index is 13.6. The molecular formula is C11H16FN3O4S. The quantitative estimate of drug-likeness (QED) is 0.424. The molecule has 0 spiro atoms. The Hall–Kier alpha value is -1.58. The summed E-state index contributed by atoms with van der Waals surface area (Å²) in [5.41, 5.74) is -0.492. The van der Waals surface area contributed by atoms with E-state index in [1.54, 1.807) is 0 Å². The van der Waals surface area contributed by atoms with E-state index in [9.17, 15) is 22.9 Å². The lowest BCUT2D eigenvalue weighted by Gasteiger charge is -2.07. The van der Waals surface area contributed by atoms with Gasteiger partial charge in [0.25, 0.3) is 5.69 Å². The molecule has 1 aromatic carbocycles. The van der Waals surface area contributed by atoms with Crippen LogP contribution in [-0.2, 0) is 10.0 Å². The first-order valence-corrected chi connectivity index (χ1v) is 7.51. The molecule has 0 aliphatic rings. The fourth-order valence-electron chi connectivity index (χ4n) is 1.50. The highest BCUT2D eigenvalue weighted by Gasteiger charge is 2.21. The smallest absolute Gasteiger partial charge is 0.272 e. The normalized spacial score (nSPS) is 11.5. The van der Waals surface area contributed by atoms with Crippen molar-refractivity contribution in [1.29, 1.82) is 0 Å². The van der Waals surface area contributed by atoms with Crippen molar-refractivity contribution >= 4 is 15.7 Å². The first-order chi connectivity index (χ1) is 9.38. The van der Waals surface area contributed by atoms with Crippen molar-refractivity contribution in [2.45, 2.75) is 18.2 Å². The molecule has 7 nitrogen and oxygen atoms in total. The SMILES string of the molecule is CCNCCCNS(=O)(=O)c1ccc([N+](=O)[O-])cc1F. The Bertz CT molecular complexity index is 577. The van der Waals surface area contributed by atoms with Crippen LogP contribution >= 0.6 is 0 Å². The fourth-order valence-corrected chi connectivity index (χ4v) is 2.63. The number of halogens is 1. The van der Waals surface area contributed by atoms with Crippen molar-refractivity contribution in [3.63, 3.8) is 0 Å². The van der Waals surface area contributed by atoms with Gasteiger partial charge in [-0.25, -0.2) is 17.5 Å². The second kappa shape index (κ2) is 7.27. The summed E-state index contributed by atoms with van der Waals surface area (Å²) in [5.74, 6) is -1.14. The molecule has 1 rings (SSSR count). The van der Waals surface area contributed by atoms with Crippen LogP contribution in [0.5, 0.6) is 0 Å². The predicted octanol–water partition coefficient (Wildman–Crippen LogP) is 1.01. The summed E-state index contributed by atoms with van der Waals surface area (Å²) in [5, 5.41) is 13.5. The highest BCUT2D eigenvalue weighted by Crippen LogP contribution is 2.20. The minimum absolute atomic E-state index is 0.158. The fraction of sp³-hybridized carbons (Fsp3) is 0.455. The average molecular weight is 305 g/mol. The van der Waals surface area contributed by atoms with E-state index in [1.165, 1.54) is 0 Å². The van der Waals surface area contributed by atoms with Gasteiger partial charge in [-0.3, -0.25) is 10.1 Å². The molecular weight excluding hydrogens is 289 g/mol. The summed E-state index contributed by atoms with van der Waals surface area (Å²) in [6.07, 6.45) is 0.557. The van der Waals surface area contributed by atoms with E-state index in [2.05, 4.69) is 10.0 Å². The lowest BCUT2D eigenvalue weighted by Crippen LogP contribution is -2.28. The molecule has 0 atom stereocenters. The average Bonchev–Trinajstić information content (AvgIpc) is 2.37. The summed E-state index contributed by atoms with van der Waals surface area (Å²) >= 11 is 0. The highest BCUT2D eigenvalue weighted by atomic mass is 32.2.